The van der Waals surface area contributed by atoms with Crippen molar-refractivity contribution >= 4 is 23.5 Å². The molecule has 0 saturated heterocycles. The first kappa shape index (κ1) is 17.5. The van der Waals surface area contributed by atoms with Crippen molar-refractivity contribution in [3.05, 3.63) is 40.6 Å². The molecule has 1 fully saturated rings. The summed E-state index contributed by atoms with van der Waals surface area (Å²) in [5, 5.41) is 7.20. The van der Waals surface area contributed by atoms with Crippen LogP contribution in [-0.4, -0.2) is 29.7 Å². The Balaban J connectivity index is 1.69. The summed E-state index contributed by atoms with van der Waals surface area (Å²) >= 11 is 6.17. The topological polar surface area (TPSA) is 81.4 Å². The molecule has 0 radical (unpaired) electrons. The number of nitrogens with one attached hydrogen (secondary N) is 1. The minimum atomic E-state index is -0.664. The van der Waals surface area contributed by atoms with E-state index in [0.29, 0.717) is 28.0 Å². The molecule has 1 aliphatic carbocycles. The number of carbonyl (C=O) groups excluding carboxylic acids is 2. The molecular formula is C18H19ClN2O4. The minimum Gasteiger partial charge on any atom is -0.452 e. The third-order valence-electron chi connectivity index (χ3n) is 4.25. The van der Waals surface area contributed by atoms with Crippen LogP contribution in [0, 0.1) is 12.8 Å². The number of rotatable bonds is 6. The van der Waals surface area contributed by atoms with E-state index in [1.165, 1.54) is 0 Å². The predicted octanol–water partition coefficient (Wildman–Crippen LogP) is 3.37. The molecule has 1 saturated carbocycles. The zero-order chi connectivity index (χ0) is 18.0. The van der Waals surface area contributed by atoms with Crippen molar-refractivity contribution < 1.29 is 18.8 Å². The quantitative estimate of drug-likeness (QED) is 0.797. The van der Waals surface area contributed by atoms with Crippen LogP contribution in [0.5, 0.6) is 0 Å². The average Bonchev–Trinajstić information content (AvgIpc) is 3.36. The van der Waals surface area contributed by atoms with E-state index < -0.39 is 5.97 Å². The third kappa shape index (κ3) is 4.02. The highest BCUT2D eigenvalue weighted by Crippen LogP contribution is 2.32. The fraction of sp³-hybridized carbons (Fsp3) is 0.389. The summed E-state index contributed by atoms with van der Waals surface area (Å²) in [5.41, 5.74) is 1.05. The van der Waals surface area contributed by atoms with E-state index in [2.05, 4.69) is 10.5 Å². The van der Waals surface area contributed by atoms with Crippen molar-refractivity contribution in [1.29, 1.82) is 0 Å². The Morgan fingerprint density at radius 1 is 1.40 bits per heavy atom. The van der Waals surface area contributed by atoms with E-state index in [1.54, 1.807) is 31.2 Å². The van der Waals surface area contributed by atoms with Gasteiger partial charge in [-0.2, -0.15) is 0 Å². The van der Waals surface area contributed by atoms with E-state index in [4.69, 9.17) is 20.9 Å². The van der Waals surface area contributed by atoms with Gasteiger partial charge in [-0.3, -0.25) is 4.79 Å². The molecule has 0 unspecified atom stereocenters. The summed E-state index contributed by atoms with van der Waals surface area (Å²) < 4.78 is 10.3. The number of aryl methyl sites for hydroxylation is 1. The number of halogens is 1. The van der Waals surface area contributed by atoms with E-state index in [9.17, 15) is 9.59 Å². The van der Waals surface area contributed by atoms with Crippen LogP contribution in [0.1, 0.15) is 35.9 Å². The lowest BCUT2D eigenvalue weighted by Gasteiger charge is -2.12. The highest BCUT2D eigenvalue weighted by molar-refractivity contribution is 6.33. The van der Waals surface area contributed by atoms with Crippen molar-refractivity contribution in [2.45, 2.75) is 32.7 Å². The van der Waals surface area contributed by atoms with Crippen molar-refractivity contribution in [3.63, 3.8) is 0 Å². The van der Waals surface area contributed by atoms with Gasteiger partial charge in [0, 0.05) is 11.6 Å². The van der Waals surface area contributed by atoms with Gasteiger partial charge in [0.15, 0.2) is 6.61 Å². The number of esters is 1. The highest BCUT2D eigenvalue weighted by Gasteiger charge is 2.29. The van der Waals surface area contributed by atoms with Gasteiger partial charge in [0.2, 0.25) is 0 Å². The van der Waals surface area contributed by atoms with Gasteiger partial charge in [0.1, 0.15) is 17.0 Å². The van der Waals surface area contributed by atoms with E-state index >= 15 is 0 Å². The number of hydrogen-bond acceptors (Lipinski definition) is 5. The molecule has 1 amide bonds. The first-order valence-electron chi connectivity index (χ1n) is 8.15. The van der Waals surface area contributed by atoms with Crippen LogP contribution in [-0.2, 0) is 9.53 Å². The molecule has 1 aromatic heterocycles. The maximum Gasteiger partial charge on any atom is 0.344 e. The normalized spacial score (nSPS) is 14.8. The van der Waals surface area contributed by atoms with Gasteiger partial charge in [0.05, 0.1) is 5.02 Å². The van der Waals surface area contributed by atoms with Crippen LogP contribution in [0.25, 0.3) is 11.3 Å². The molecule has 1 atom stereocenters. The maximum atomic E-state index is 12.4. The number of aromatic nitrogens is 1. The number of benzene rings is 1. The average molecular weight is 363 g/mol. The molecule has 25 heavy (non-hydrogen) atoms. The lowest BCUT2D eigenvalue weighted by atomic mass is 10.1. The van der Waals surface area contributed by atoms with Gasteiger partial charge in [0.25, 0.3) is 5.91 Å². The minimum absolute atomic E-state index is 0.0993. The van der Waals surface area contributed by atoms with Gasteiger partial charge < -0.3 is 14.6 Å². The SMILES string of the molecule is Cc1onc(-c2ccccc2Cl)c1C(=O)OCC(=O)N[C@H](C)C1CC1. The summed E-state index contributed by atoms with van der Waals surface area (Å²) in [5.74, 6) is -0.137. The molecule has 1 heterocycles. The van der Waals surface area contributed by atoms with Crippen LogP contribution in [0.3, 0.4) is 0 Å². The molecule has 0 spiro atoms. The van der Waals surface area contributed by atoms with E-state index in [1.807, 2.05) is 6.92 Å². The lowest BCUT2D eigenvalue weighted by molar-refractivity contribution is -0.125. The van der Waals surface area contributed by atoms with Crippen molar-refractivity contribution in [3.8, 4) is 11.3 Å². The van der Waals surface area contributed by atoms with Gasteiger partial charge in [-0.1, -0.05) is 35.0 Å². The molecule has 6 nitrogen and oxygen atoms in total. The van der Waals surface area contributed by atoms with Gasteiger partial charge in [-0.05, 0) is 38.7 Å². The number of ether oxygens (including phenoxy) is 1. The number of hydrogen-bond donors (Lipinski definition) is 1. The second-order valence-corrected chi connectivity index (χ2v) is 6.62. The molecule has 0 bridgehead atoms. The molecule has 132 valence electrons. The smallest absolute Gasteiger partial charge is 0.344 e. The zero-order valence-electron chi connectivity index (χ0n) is 14.0. The highest BCUT2D eigenvalue weighted by atomic mass is 35.5. The Bertz CT molecular complexity index is 798. The molecule has 1 aromatic carbocycles. The van der Waals surface area contributed by atoms with Crippen LogP contribution in [0.4, 0.5) is 0 Å². The molecular weight excluding hydrogens is 344 g/mol. The fourth-order valence-electron chi connectivity index (χ4n) is 2.66. The summed E-state index contributed by atoms with van der Waals surface area (Å²) in [6.07, 6.45) is 2.25. The van der Waals surface area contributed by atoms with Crippen molar-refractivity contribution in [2.24, 2.45) is 5.92 Å². The first-order valence-corrected chi connectivity index (χ1v) is 8.53. The Morgan fingerprint density at radius 2 is 2.12 bits per heavy atom. The molecule has 2 aromatic rings. The molecule has 0 aliphatic heterocycles. The van der Waals surface area contributed by atoms with E-state index in [0.717, 1.165) is 12.8 Å². The second kappa shape index (κ2) is 7.27. The standard InChI is InChI=1S/C18H19ClN2O4/c1-10(12-7-8-12)20-15(22)9-24-18(23)16-11(2)25-21-17(16)13-5-3-4-6-14(13)19/h3-6,10,12H,7-9H2,1-2H3,(H,20,22)/t10-/m1/s1. The van der Waals surface area contributed by atoms with Crippen LogP contribution in [0.2, 0.25) is 5.02 Å². The lowest BCUT2D eigenvalue weighted by Crippen LogP contribution is -2.37. The Kier molecular flexibility index (Phi) is 5.08. The zero-order valence-corrected chi connectivity index (χ0v) is 14.8. The second-order valence-electron chi connectivity index (χ2n) is 6.21. The fourth-order valence-corrected chi connectivity index (χ4v) is 2.89. The Hall–Kier alpha value is -2.34. The molecule has 3 rings (SSSR count). The number of carbonyl (C=O) groups is 2. The third-order valence-corrected chi connectivity index (χ3v) is 4.58. The van der Waals surface area contributed by atoms with Gasteiger partial charge in [-0.25, -0.2) is 4.79 Å². The van der Waals surface area contributed by atoms with Crippen LogP contribution >= 0.6 is 11.6 Å². The predicted molar refractivity (Wildman–Crippen MR) is 92.3 cm³/mol. The van der Waals surface area contributed by atoms with Crippen LogP contribution < -0.4 is 5.32 Å². The number of nitrogens with zero attached hydrogens (tertiary/aromatic N) is 1. The molecule has 1 N–H and O–H groups in total. The summed E-state index contributed by atoms with van der Waals surface area (Å²) in [6.45, 7) is 3.22. The monoisotopic (exact) mass is 362 g/mol. The Morgan fingerprint density at radius 3 is 2.80 bits per heavy atom. The van der Waals surface area contributed by atoms with E-state index in [-0.39, 0.29) is 24.1 Å². The van der Waals surface area contributed by atoms with Crippen LogP contribution in [0.15, 0.2) is 28.8 Å². The maximum absolute atomic E-state index is 12.4. The summed E-state index contributed by atoms with van der Waals surface area (Å²) in [6, 6.07) is 7.10. The van der Waals surface area contributed by atoms with Crippen molar-refractivity contribution in [2.75, 3.05) is 6.61 Å². The van der Waals surface area contributed by atoms with Gasteiger partial charge >= 0.3 is 5.97 Å². The summed E-state index contributed by atoms with van der Waals surface area (Å²) in [7, 11) is 0. The molecule has 1 aliphatic rings. The summed E-state index contributed by atoms with van der Waals surface area (Å²) in [4.78, 5) is 24.3. The largest absolute Gasteiger partial charge is 0.452 e. The first-order chi connectivity index (χ1) is 12.0. The molecule has 7 heteroatoms. The van der Waals surface area contributed by atoms with Gasteiger partial charge in [-0.15, -0.1) is 0 Å². The number of amides is 1. The Labute approximate surface area is 150 Å². The van der Waals surface area contributed by atoms with Crippen molar-refractivity contribution in [1.82, 2.24) is 10.5 Å².